The predicted molar refractivity (Wildman–Crippen MR) is 70.9 cm³/mol. The molecule has 0 bridgehead atoms. The Morgan fingerprint density at radius 1 is 1.37 bits per heavy atom. The van der Waals surface area contributed by atoms with Gasteiger partial charge in [0.1, 0.15) is 0 Å². The molecule has 0 aromatic heterocycles. The highest BCUT2D eigenvalue weighted by atomic mass is 35.5. The molecule has 1 amide bonds. The second kappa shape index (κ2) is 7.57. The van der Waals surface area contributed by atoms with Gasteiger partial charge in [-0.3, -0.25) is 4.79 Å². The van der Waals surface area contributed by atoms with Gasteiger partial charge in [0, 0.05) is 18.7 Å². The first-order chi connectivity index (χ1) is 8.34. The molecule has 0 aliphatic rings. The first-order valence-corrected chi connectivity index (χ1v) is 5.53. The molecule has 108 valence electrons. The number of hydrogen-bond acceptors (Lipinski definition) is 2. The third-order valence-corrected chi connectivity index (χ3v) is 2.49. The molecule has 19 heavy (non-hydrogen) atoms. The summed E-state index contributed by atoms with van der Waals surface area (Å²) in [6, 6.07) is 3.26. The topological polar surface area (TPSA) is 41.1 Å². The Morgan fingerprint density at radius 2 is 2.00 bits per heavy atom. The van der Waals surface area contributed by atoms with E-state index < -0.39 is 16.8 Å². The number of carbonyl (C=O) groups excluding carboxylic acids is 1. The molecule has 8 heteroatoms. The van der Waals surface area contributed by atoms with Crippen molar-refractivity contribution < 1.29 is 18.0 Å². The summed E-state index contributed by atoms with van der Waals surface area (Å²) in [6.45, 7) is 0.450. The number of benzene rings is 1. The van der Waals surface area contributed by atoms with Gasteiger partial charge in [-0.2, -0.15) is 13.2 Å². The van der Waals surface area contributed by atoms with Gasteiger partial charge in [0.2, 0.25) is 5.91 Å². The van der Waals surface area contributed by atoms with Crippen molar-refractivity contribution in [1.29, 1.82) is 0 Å². The van der Waals surface area contributed by atoms with Crippen molar-refractivity contribution in [2.45, 2.75) is 12.6 Å². The van der Waals surface area contributed by atoms with Crippen LogP contribution < -0.4 is 10.6 Å². The van der Waals surface area contributed by atoms with Crippen LogP contribution in [-0.2, 0) is 11.0 Å². The molecular formula is C11H13Cl2F3N2O. The Bertz CT molecular complexity index is 438. The van der Waals surface area contributed by atoms with Crippen LogP contribution in [0.5, 0.6) is 0 Å². The van der Waals surface area contributed by atoms with E-state index in [1.807, 2.05) is 0 Å². The maximum atomic E-state index is 12.6. The fourth-order valence-electron chi connectivity index (χ4n) is 1.28. The molecule has 0 radical (unpaired) electrons. The normalized spacial score (nSPS) is 10.8. The van der Waals surface area contributed by atoms with Gasteiger partial charge in [0.05, 0.1) is 10.6 Å². The number of anilines is 1. The van der Waals surface area contributed by atoms with Crippen LogP contribution >= 0.6 is 24.0 Å². The van der Waals surface area contributed by atoms with Gasteiger partial charge in [-0.1, -0.05) is 11.6 Å². The molecule has 0 aliphatic heterocycles. The van der Waals surface area contributed by atoms with Gasteiger partial charge in [-0.05, 0) is 25.2 Å². The third-order valence-electron chi connectivity index (χ3n) is 2.16. The molecule has 1 aromatic rings. The smallest absolute Gasteiger partial charge is 0.326 e. The minimum atomic E-state index is -4.54. The lowest BCUT2D eigenvalue weighted by Gasteiger charge is -2.11. The van der Waals surface area contributed by atoms with E-state index in [2.05, 4.69) is 10.6 Å². The number of rotatable bonds is 4. The second-order valence-electron chi connectivity index (χ2n) is 3.59. The third kappa shape index (κ3) is 5.67. The van der Waals surface area contributed by atoms with Crippen molar-refractivity contribution in [1.82, 2.24) is 5.32 Å². The first-order valence-electron chi connectivity index (χ1n) is 5.16. The van der Waals surface area contributed by atoms with Crippen molar-refractivity contribution in [3.63, 3.8) is 0 Å². The monoisotopic (exact) mass is 316 g/mol. The van der Waals surface area contributed by atoms with E-state index in [0.29, 0.717) is 6.54 Å². The molecule has 2 N–H and O–H groups in total. The predicted octanol–water partition coefficient (Wildman–Crippen LogP) is 3.33. The standard InChI is InChI=1S/C11H12ClF3N2O.ClH/c1-16-5-4-10(18)17-7-2-3-9(12)8(6-7)11(13,14)15;/h2-3,6,16H,4-5H2,1H3,(H,17,18);1H. The quantitative estimate of drug-likeness (QED) is 0.894. The summed E-state index contributed by atoms with van der Waals surface area (Å²) in [5, 5.41) is 4.75. The highest BCUT2D eigenvalue weighted by Crippen LogP contribution is 2.36. The minimum Gasteiger partial charge on any atom is -0.326 e. The van der Waals surface area contributed by atoms with Gasteiger partial charge in [0.25, 0.3) is 0 Å². The molecular weight excluding hydrogens is 304 g/mol. The van der Waals surface area contributed by atoms with Crippen molar-refractivity contribution in [3.8, 4) is 0 Å². The average Bonchev–Trinajstić information content (AvgIpc) is 2.27. The molecule has 0 unspecified atom stereocenters. The number of amides is 1. The van der Waals surface area contributed by atoms with Crippen LogP contribution in [0, 0.1) is 0 Å². The maximum Gasteiger partial charge on any atom is 0.417 e. The summed E-state index contributed by atoms with van der Waals surface area (Å²) in [5.74, 6) is -0.361. The first kappa shape index (κ1) is 18.0. The molecule has 3 nitrogen and oxygen atoms in total. The number of alkyl halides is 3. The molecule has 0 spiro atoms. The molecule has 0 saturated heterocycles. The summed E-state index contributed by atoms with van der Waals surface area (Å²) in [6.07, 6.45) is -4.36. The van der Waals surface area contributed by atoms with Crippen molar-refractivity contribution in [2.24, 2.45) is 0 Å². The highest BCUT2D eigenvalue weighted by molar-refractivity contribution is 6.31. The van der Waals surface area contributed by atoms with E-state index in [1.165, 1.54) is 6.07 Å². The Balaban J connectivity index is 0.00000324. The molecule has 0 aliphatic carbocycles. The van der Waals surface area contributed by atoms with Gasteiger partial charge in [-0.15, -0.1) is 12.4 Å². The molecule has 1 rings (SSSR count). The molecule has 0 fully saturated rings. The fourth-order valence-corrected chi connectivity index (χ4v) is 1.51. The minimum absolute atomic E-state index is 0. The summed E-state index contributed by atoms with van der Waals surface area (Å²) in [7, 11) is 1.68. The largest absolute Gasteiger partial charge is 0.417 e. The van der Waals surface area contributed by atoms with Crippen molar-refractivity contribution >= 4 is 35.6 Å². The molecule has 0 heterocycles. The van der Waals surface area contributed by atoms with Crippen LogP contribution in [0.4, 0.5) is 18.9 Å². The fraction of sp³-hybridized carbons (Fsp3) is 0.364. The van der Waals surface area contributed by atoms with E-state index >= 15 is 0 Å². The van der Waals surface area contributed by atoms with Crippen LogP contribution in [0.3, 0.4) is 0 Å². The van der Waals surface area contributed by atoms with Crippen molar-refractivity contribution in [2.75, 3.05) is 18.9 Å². The van der Waals surface area contributed by atoms with Crippen LogP contribution in [0.15, 0.2) is 18.2 Å². The number of carbonyl (C=O) groups is 1. The van der Waals surface area contributed by atoms with E-state index in [9.17, 15) is 18.0 Å². The summed E-state index contributed by atoms with van der Waals surface area (Å²) in [5.41, 5.74) is -0.886. The second-order valence-corrected chi connectivity index (χ2v) is 4.00. The van der Waals surface area contributed by atoms with E-state index in [-0.39, 0.29) is 30.4 Å². The Kier molecular flexibility index (Phi) is 7.18. The van der Waals surface area contributed by atoms with E-state index in [1.54, 1.807) is 7.05 Å². The SMILES string of the molecule is CNCCC(=O)Nc1ccc(Cl)c(C(F)(F)F)c1.Cl. The summed E-state index contributed by atoms with van der Waals surface area (Å²) in [4.78, 5) is 11.4. The van der Waals surface area contributed by atoms with Gasteiger partial charge >= 0.3 is 6.18 Å². The van der Waals surface area contributed by atoms with Gasteiger partial charge < -0.3 is 10.6 Å². The average molecular weight is 317 g/mol. The molecule has 0 atom stereocenters. The number of nitrogens with one attached hydrogen (secondary N) is 2. The van der Waals surface area contributed by atoms with E-state index in [0.717, 1.165) is 12.1 Å². The zero-order chi connectivity index (χ0) is 13.8. The van der Waals surface area contributed by atoms with Crippen LogP contribution in [0.25, 0.3) is 0 Å². The van der Waals surface area contributed by atoms with E-state index in [4.69, 9.17) is 11.6 Å². The summed E-state index contributed by atoms with van der Waals surface area (Å²) >= 11 is 5.46. The van der Waals surface area contributed by atoms with Crippen LogP contribution in [-0.4, -0.2) is 19.5 Å². The lowest BCUT2D eigenvalue weighted by atomic mass is 10.2. The number of halogens is 5. The van der Waals surface area contributed by atoms with Crippen molar-refractivity contribution in [3.05, 3.63) is 28.8 Å². The summed E-state index contributed by atoms with van der Waals surface area (Å²) < 4.78 is 37.7. The lowest BCUT2D eigenvalue weighted by Crippen LogP contribution is -2.19. The van der Waals surface area contributed by atoms with Crippen LogP contribution in [0.1, 0.15) is 12.0 Å². The zero-order valence-electron chi connectivity index (χ0n) is 9.97. The lowest BCUT2D eigenvalue weighted by molar-refractivity contribution is -0.137. The van der Waals surface area contributed by atoms with Crippen LogP contribution in [0.2, 0.25) is 5.02 Å². The maximum absolute atomic E-state index is 12.6. The number of hydrogen-bond donors (Lipinski definition) is 2. The molecule has 1 aromatic carbocycles. The Hall–Kier alpha value is -0.980. The Labute approximate surface area is 119 Å². The van der Waals surface area contributed by atoms with Gasteiger partial charge in [0.15, 0.2) is 0 Å². The highest BCUT2D eigenvalue weighted by Gasteiger charge is 2.33. The Morgan fingerprint density at radius 3 is 2.53 bits per heavy atom. The zero-order valence-corrected chi connectivity index (χ0v) is 11.5. The van der Waals surface area contributed by atoms with Gasteiger partial charge in [-0.25, -0.2) is 0 Å². The molecule has 0 saturated carbocycles.